The maximum atomic E-state index is 13.0. The van der Waals surface area contributed by atoms with Crippen molar-refractivity contribution in [2.24, 2.45) is 0 Å². The highest BCUT2D eigenvalue weighted by atomic mass is 35.5. The first-order valence-corrected chi connectivity index (χ1v) is 14.1. The van der Waals surface area contributed by atoms with Crippen molar-refractivity contribution < 1.29 is 13.3 Å². The Morgan fingerprint density at radius 1 is 1.08 bits per heavy atom. The van der Waals surface area contributed by atoms with Gasteiger partial charge in [-0.25, -0.2) is 13.1 Å². The molecular formula is C24H21Cl2N5O4S2. The fraction of sp³-hybridized carbons (Fsp3) is 0.167. The fourth-order valence-electron chi connectivity index (χ4n) is 3.59. The van der Waals surface area contributed by atoms with Crippen LogP contribution in [0.4, 0.5) is 5.69 Å². The van der Waals surface area contributed by atoms with Crippen LogP contribution in [0, 0.1) is 17.0 Å². The van der Waals surface area contributed by atoms with Crippen molar-refractivity contribution in [3.05, 3.63) is 104 Å². The number of nitrogens with zero attached hydrogens (tertiary/aromatic N) is 4. The van der Waals surface area contributed by atoms with Crippen LogP contribution < -0.4 is 4.72 Å². The molecule has 0 amide bonds. The molecule has 4 aromatic rings. The minimum absolute atomic E-state index is 0.116. The molecule has 4 rings (SSSR count). The minimum atomic E-state index is -4.03. The molecule has 1 N–H and O–H groups in total. The summed E-state index contributed by atoms with van der Waals surface area (Å²) >= 11 is 14.0. The zero-order valence-corrected chi connectivity index (χ0v) is 22.8. The van der Waals surface area contributed by atoms with Crippen LogP contribution in [0.2, 0.25) is 10.0 Å². The minimum Gasteiger partial charge on any atom is -0.271 e. The Kier molecular flexibility index (Phi) is 8.20. The number of aromatic nitrogens is 3. The van der Waals surface area contributed by atoms with Crippen LogP contribution in [0.3, 0.4) is 0 Å². The monoisotopic (exact) mass is 577 g/mol. The number of sulfonamides is 1. The van der Waals surface area contributed by atoms with Crippen LogP contribution in [-0.2, 0) is 15.8 Å². The zero-order valence-electron chi connectivity index (χ0n) is 19.6. The summed E-state index contributed by atoms with van der Waals surface area (Å²) in [5, 5.41) is 20.8. The number of benzene rings is 3. The van der Waals surface area contributed by atoms with Gasteiger partial charge in [-0.15, -0.1) is 10.2 Å². The molecule has 192 valence electrons. The number of nitro groups is 1. The van der Waals surface area contributed by atoms with E-state index >= 15 is 0 Å². The quantitative estimate of drug-likeness (QED) is 0.144. The maximum Gasteiger partial charge on any atom is 0.269 e. The first kappa shape index (κ1) is 27.1. The second kappa shape index (κ2) is 11.2. The molecule has 0 aliphatic rings. The van der Waals surface area contributed by atoms with Crippen LogP contribution in [-0.4, -0.2) is 28.1 Å². The summed E-state index contributed by atoms with van der Waals surface area (Å²) in [6.45, 7) is 3.64. The lowest BCUT2D eigenvalue weighted by Gasteiger charge is -2.17. The van der Waals surface area contributed by atoms with Gasteiger partial charge in [-0.1, -0.05) is 64.8 Å². The zero-order chi connectivity index (χ0) is 26.7. The molecule has 13 heteroatoms. The third-order valence-electron chi connectivity index (χ3n) is 5.34. The second-order valence-corrected chi connectivity index (χ2v) is 11.6. The molecule has 1 unspecified atom stereocenters. The van der Waals surface area contributed by atoms with E-state index in [2.05, 4.69) is 21.0 Å². The standard InChI is InChI=1S/C24H21Cl2N5O4S2/c1-15-4-3-5-17(12-15)14-36-24-28-27-23(30(24)22-11-6-18(25)13-21(22)26)16(2)29-37(34,35)20-9-7-19(8-10-20)31(32)33/h3-13,16,29H,14H2,1-2H3. The van der Waals surface area contributed by atoms with Crippen LogP contribution in [0.1, 0.15) is 29.9 Å². The highest BCUT2D eigenvalue weighted by Gasteiger charge is 2.26. The van der Waals surface area contributed by atoms with Crippen LogP contribution in [0.15, 0.2) is 76.8 Å². The van der Waals surface area contributed by atoms with Crippen LogP contribution in [0.5, 0.6) is 0 Å². The predicted molar refractivity (Wildman–Crippen MR) is 144 cm³/mol. The van der Waals surface area contributed by atoms with E-state index in [4.69, 9.17) is 23.2 Å². The highest BCUT2D eigenvalue weighted by molar-refractivity contribution is 7.98. The molecule has 0 radical (unpaired) electrons. The molecule has 0 aliphatic carbocycles. The van der Waals surface area contributed by atoms with Gasteiger partial charge < -0.3 is 0 Å². The highest BCUT2D eigenvalue weighted by Crippen LogP contribution is 2.33. The molecule has 1 aromatic heterocycles. The molecule has 0 fully saturated rings. The van der Waals surface area contributed by atoms with Crippen molar-refractivity contribution in [1.82, 2.24) is 19.5 Å². The summed E-state index contributed by atoms with van der Waals surface area (Å²) < 4.78 is 30.3. The molecule has 0 saturated heterocycles. The topological polar surface area (TPSA) is 120 Å². The number of nitrogens with one attached hydrogen (secondary N) is 1. The van der Waals surface area contributed by atoms with Gasteiger partial charge in [0.05, 0.1) is 26.6 Å². The van der Waals surface area contributed by atoms with Crippen molar-refractivity contribution >= 4 is 50.7 Å². The van der Waals surface area contributed by atoms with Crippen molar-refractivity contribution in [1.29, 1.82) is 0 Å². The first-order chi connectivity index (χ1) is 17.5. The molecule has 0 bridgehead atoms. The summed E-state index contributed by atoms with van der Waals surface area (Å²) in [6, 6.07) is 16.9. The SMILES string of the molecule is Cc1cccc(CSc2nnc(C(C)NS(=O)(=O)c3ccc([N+](=O)[O-])cc3)n2-c2ccc(Cl)cc2Cl)c1. The van der Waals surface area contributed by atoms with E-state index in [1.54, 1.807) is 29.7 Å². The van der Waals surface area contributed by atoms with Gasteiger partial charge in [0.1, 0.15) is 0 Å². The second-order valence-electron chi connectivity index (χ2n) is 8.14. The van der Waals surface area contributed by atoms with E-state index < -0.39 is 21.0 Å². The number of halogens is 2. The Balaban J connectivity index is 1.68. The van der Waals surface area contributed by atoms with Crippen molar-refractivity contribution in [2.45, 2.75) is 35.7 Å². The first-order valence-electron chi connectivity index (χ1n) is 10.9. The Labute approximate surface area is 228 Å². The van der Waals surface area contributed by atoms with E-state index in [1.807, 2.05) is 25.1 Å². The lowest BCUT2D eigenvalue weighted by Crippen LogP contribution is -2.29. The number of rotatable bonds is 9. The van der Waals surface area contributed by atoms with E-state index in [0.717, 1.165) is 23.3 Å². The van der Waals surface area contributed by atoms with Gasteiger partial charge in [-0.2, -0.15) is 0 Å². The van der Waals surface area contributed by atoms with Gasteiger partial charge in [0.15, 0.2) is 11.0 Å². The largest absolute Gasteiger partial charge is 0.271 e. The van der Waals surface area contributed by atoms with E-state index in [1.165, 1.54) is 23.9 Å². The predicted octanol–water partition coefficient (Wildman–Crippen LogP) is 6.12. The summed E-state index contributed by atoms with van der Waals surface area (Å²) in [5.74, 6) is 0.912. The van der Waals surface area contributed by atoms with Crippen LogP contribution in [0.25, 0.3) is 5.69 Å². The van der Waals surface area contributed by atoms with Gasteiger partial charge in [-0.05, 0) is 49.7 Å². The van der Waals surface area contributed by atoms with Crippen LogP contribution >= 0.6 is 35.0 Å². The molecule has 3 aromatic carbocycles. The van der Waals surface area contributed by atoms with Gasteiger partial charge in [-0.3, -0.25) is 14.7 Å². The van der Waals surface area contributed by atoms with Gasteiger partial charge >= 0.3 is 0 Å². The smallest absolute Gasteiger partial charge is 0.269 e. The average molecular weight is 579 g/mol. The Morgan fingerprint density at radius 2 is 1.81 bits per heavy atom. The molecule has 1 heterocycles. The summed E-state index contributed by atoms with van der Waals surface area (Å²) in [4.78, 5) is 10.2. The molecule has 0 aliphatic heterocycles. The molecular weight excluding hydrogens is 557 g/mol. The van der Waals surface area contributed by atoms with Crippen molar-refractivity contribution in [2.75, 3.05) is 0 Å². The average Bonchev–Trinajstić information content (AvgIpc) is 3.26. The normalized spacial score (nSPS) is 12.4. The third kappa shape index (κ3) is 6.31. The Bertz CT molecular complexity index is 1560. The third-order valence-corrected chi connectivity index (χ3v) is 8.43. The molecule has 0 spiro atoms. The van der Waals surface area contributed by atoms with E-state index in [9.17, 15) is 18.5 Å². The Hall–Kier alpha value is -2.96. The number of nitro benzene ring substituents is 1. The molecule has 37 heavy (non-hydrogen) atoms. The Morgan fingerprint density at radius 3 is 2.46 bits per heavy atom. The summed E-state index contributed by atoms with van der Waals surface area (Å²) in [5.41, 5.74) is 2.56. The van der Waals surface area contributed by atoms with Crippen molar-refractivity contribution in [3.63, 3.8) is 0 Å². The number of non-ortho nitro benzene ring substituents is 1. The van der Waals surface area contributed by atoms with E-state index in [-0.39, 0.29) is 10.6 Å². The molecule has 1 atom stereocenters. The van der Waals surface area contributed by atoms with Crippen molar-refractivity contribution in [3.8, 4) is 5.69 Å². The number of thioether (sulfide) groups is 1. The fourth-order valence-corrected chi connectivity index (χ4v) is 6.18. The lowest BCUT2D eigenvalue weighted by atomic mass is 10.2. The van der Waals surface area contributed by atoms with Gasteiger partial charge in [0.2, 0.25) is 10.0 Å². The lowest BCUT2D eigenvalue weighted by molar-refractivity contribution is -0.384. The number of aryl methyl sites for hydroxylation is 1. The number of hydrogen-bond acceptors (Lipinski definition) is 7. The summed E-state index contributed by atoms with van der Waals surface area (Å²) in [6.07, 6.45) is 0. The molecule has 0 saturated carbocycles. The molecule has 9 nitrogen and oxygen atoms in total. The number of hydrogen-bond donors (Lipinski definition) is 1. The van der Waals surface area contributed by atoms with Gasteiger partial charge in [0.25, 0.3) is 5.69 Å². The van der Waals surface area contributed by atoms with Gasteiger partial charge in [0, 0.05) is 22.9 Å². The summed E-state index contributed by atoms with van der Waals surface area (Å²) in [7, 11) is -4.03. The maximum absolute atomic E-state index is 13.0. The van der Waals surface area contributed by atoms with E-state index in [0.29, 0.717) is 32.5 Å².